The summed E-state index contributed by atoms with van der Waals surface area (Å²) in [6.07, 6.45) is 2.26. The van der Waals surface area contributed by atoms with Gasteiger partial charge in [0.1, 0.15) is 11.6 Å². The molecule has 1 amide bonds. The third-order valence-electron chi connectivity index (χ3n) is 3.28. The van der Waals surface area contributed by atoms with Crippen molar-refractivity contribution in [2.45, 2.75) is 19.0 Å². The number of hydrogen-bond acceptors (Lipinski definition) is 10. The van der Waals surface area contributed by atoms with Gasteiger partial charge in [-0.3, -0.25) is 10.1 Å². The molecule has 0 saturated carbocycles. The monoisotopic (exact) mass is 468 g/mol. The van der Waals surface area contributed by atoms with Crippen molar-refractivity contribution in [3.63, 3.8) is 0 Å². The zero-order valence-electron chi connectivity index (χ0n) is 16.7. The number of carbonyl (C=O) groups is 1. The van der Waals surface area contributed by atoms with Crippen LogP contribution in [0.15, 0.2) is 28.9 Å². The number of carbonyl (C=O) groups excluding carboxylic acids is 1. The number of aromatic nitrogens is 2. The number of thioether (sulfide) groups is 1. The molecule has 1 aromatic heterocycles. The van der Waals surface area contributed by atoms with Crippen molar-refractivity contribution < 1.29 is 22.1 Å². The van der Waals surface area contributed by atoms with E-state index >= 15 is 0 Å². The lowest BCUT2D eigenvalue weighted by molar-refractivity contribution is -0.112. The summed E-state index contributed by atoms with van der Waals surface area (Å²) in [5.41, 5.74) is 0.283. The summed E-state index contributed by atoms with van der Waals surface area (Å²) in [5, 5.41) is 12.8. The predicted octanol–water partition coefficient (Wildman–Crippen LogP) is 3.18. The zero-order chi connectivity index (χ0) is 22.3. The molecule has 0 aliphatic carbocycles. The summed E-state index contributed by atoms with van der Waals surface area (Å²) < 4.78 is 36.8. The molecule has 0 spiro atoms. The average Bonchev–Trinajstić information content (AvgIpc) is 3.11. The van der Waals surface area contributed by atoms with E-state index in [-0.39, 0.29) is 17.1 Å². The number of benzene rings is 1. The van der Waals surface area contributed by atoms with Crippen LogP contribution in [-0.4, -0.2) is 42.8 Å². The third kappa shape index (κ3) is 7.33. The number of nitrogens with zero attached hydrogens (tertiary/aromatic N) is 3. The molecule has 1 aromatic carbocycles. The average molecular weight is 469 g/mol. The Morgan fingerprint density at radius 2 is 2.13 bits per heavy atom. The van der Waals surface area contributed by atoms with Gasteiger partial charge >= 0.3 is 10.1 Å². The predicted molar refractivity (Wildman–Crippen MR) is 116 cm³/mol. The minimum Gasteiger partial charge on any atom is -0.493 e. The molecule has 0 radical (unpaired) electrons. The highest BCUT2D eigenvalue weighted by atomic mass is 32.2. The van der Waals surface area contributed by atoms with Crippen LogP contribution in [0.4, 0.5) is 5.13 Å². The summed E-state index contributed by atoms with van der Waals surface area (Å²) >= 11 is 2.52. The van der Waals surface area contributed by atoms with Crippen molar-refractivity contribution in [1.82, 2.24) is 9.36 Å². The van der Waals surface area contributed by atoms with Crippen molar-refractivity contribution in [1.29, 1.82) is 5.26 Å². The highest BCUT2D eigenvalue weighted by Gasteiger charge is 2.15. The maximum atomic E-state index is 12.4. The molecule has 30 heavy (non-hydrogen) atoms. The second-order valence-corrected chi connectivity index (χ2v) is 9.72. The number of methoxy groups -OCH3 is 1. The van der Waals surface area contributed by atoms with Crippen molar-refractivity contribution >= 4 is 50.5 Å². The van der Waals surface area contributed by atoms with Gasteiger partial charge < -0.3 is 8.92 Å². The normalized spacial score (nSPS) is 11.8. The molecule has 2 aromatic rings. The van der Waals surface area contributed by atoms with E-state index in [2.05, 4.69) is 28.5 Å². The second kappa shape index (κ2) is 10.4. The van der Waals surface area contributed by atoms with Crippen molar-refractivity contribution in [3.8, 4) is 17.6 Å². The fourth-order valence-corrected chi connectivity index (χ4v) is 4.00. The van der Waals surface area contributed by atoms with E-state index < -0.39 is 16.0 Å². The first-order valence-corrected chi connectivity index (χ1v) is 12.2. The molecule has 1 N–H and O–H groups in total. The number of hydrogen-bond donors (Lipinski definition) is 1. The number of ether oxygens (including phenoxy) is 1. The molecule has 0 bridgehead atoms. The van der Waals surface area contributed by atoms with Crippen LogP contribution in [0.1, 0.15) is 19.4 Å². The van der Waals surface area contributed by atoms with Gasteiger partial charge in [-0.1, -0.05) is 31.7 Å². The van der Waals surface area contributed by atoms with Gasteiger partial charge in [-0.05, 0) is 29.7 Å². The van der Waals surface area contributed by atoms with E-state index in [1.165, 1.54) is 43.1 Å². The Morgan fingerprint density at radius 3 is 2.73 bits per heavy atom. The molecule has 0 aliphatic heterocycles. The van der Waals surface area contributed by atoms with Crippen LogP contribution < -0.4 is 14.2 Å². The molecule has 2 rings (SSSR count). The van der Waals surface area contributed by atoms with E-state index in [0.717, 1.165) is 23.5 Å². The van der Waals surface area contributed by atoms with Gasteiger partial charge in [0.25, 0.3) is 5.91 Å². The first-order chi connectivity index (χ1) is 14.1. The lowest BCUT2D eigenvalue weighted by atomic mass is 10.1. The smallest absolute Gasteiger partial charge is 0.306 e. The fraction of sp³-hybridized carbons (Fsp3) is 0.333. The van der Waals surface area contributed by atoms with Crippen LogP contribution in [0.2, 0.25) is 0 Å². The van der Waals surface area contributed by atoms with Crippen molar-refractivity contribution in [2.24, 2.45) is 5.92 Å². The first kappa shape index (κ1) is 23.7. The van der Waals surface area contributed by atoms with Crippen LogP contribution in [0.3, 0.4) is 0 Å². The number of nitrogens with one attached hydrogen (secondary N) is 1. The molecular weight excluding hydrogens is 448 g/mol. The molecule has 0 fully saturated rings. The van der Waals surface area contributed by atoms with Gasteiger partial charge in [-0.25, -0.2) is 0 Å². The minimum atomic E-state index is -3.73. The highest BCUT2D eigenvalue weighted by Crippen LogP contribution is 2.30. The fourth-order valence-electron chi connectivity index (χ4n) is 2.05. The lowest BCUT2D eigenvalue weighted by Gasteiger charge is -2.09. The van der Waals surface area contributed by atoms with Crippen LogP contribution in [0.25, 0.3) is 6.08 Å². The van der Waals surface area contributed by atoms with Crippen LogP contribution in [-0.2, 0) is 14.9 Å². The lowest BCUT2D eigenvalue weighted by Crippen LogP contribution is -2.13. The summed E-state index contributed by atoms with van der Waals surface area (Å²) in [6, 6.07) is 6.17. The van der Waals surface area contributed by atoms with Gasteiger partial charge in [0.2, 0.25) is 10.3 Å². The summed E-state index contributed by atoms with van der Waals surface area (Å²) in [7, 11) is -2.38. The summed E-state index contributed by atoms with van der Waals surface area (Å²) in [4.78, 5) is 16.7. The Morgan fingerprint density at radius 1 is 1.40 bits per heavy atom. The molecule has 9 nitrogen and oxygen atoms in total. The first-order valence-electron chi connectivity index (χ1n) is 8.58. The highest BCUT2D eigenvalue weighted by molar-refractivity contribution is 7.99. The number of anilines is 1. The Bertz CT molecular complexity index is 1090. The number of rotatable bonds is 9. The van der Waals surface area contributed by atoms with E-state index in [1.807, 2.05) is 6.07 Å². The molecule has 160 valence electrons. The van der Waals surface area contributed by atoms with E-state index in [4.69, 9.17) is 8.92 Å². The Kier molecular flexibility index (Phi) is 8.22. The van der Waals surface area contributed by atoms with Crippen molar-refractivity contribution in [2.75, 3.05) is 24.4 Å². The molecule has 1 heterocycles. The van der Waals surface area contributed by atoms with Crippen molar-refractivity contribution in [3.05, 3.63) is 29.3 Å². The summed E-state index contributed by atoms with van der Waals surface area (Å²) in [5.74, 6) is 0.845. The van der Waals surface area contributed by atoms with Gasteiger partial charge in [-0.15, -0.1) is 0 Å². The molecule has 0 saturated heterocycles. The zero-order valence-corrected chi connectivity index (χ0v) is 19.2. The van der Waals surface area contributed by atoms with Crippen LogP contribution in [0, 0.1) is 17.2 Å². The molecule has 0 unspecified atom stereocenters. The van der Waals surface area contributed by atoms with E-state index in [9.17, 15) is 18.5 Å². The van der Waals surface area contributed by atoms with E-state index in [0.29, 0.717) is 21.8 Å². The third-order valence-corrected chi connectivity index (χ3v) is 5.78. The topological polar surface area (TPSA) is 131 Å². The quantitative estimate of drug-likeness (QED) is 0.255. The molecule has 12 heteroatoms. The maximum absolute atomic E-state index is 12.4. The SMILES string of the molecule is COc1cc(C=C(C#N)C(=O)Nc2nc(SCC(C)C)ns2)ccc1OS(C)(=O)=O. The van der Waals surface area contributed by atoms with Crippen LogP contribution in [0.5, 0.6) is 11.5 Å². The Hall–Kier alpha value is -2.62. The molecular formula is C18H20N4O5S3. The van der Waals surface area contributed by atoms with Gasteiger partial charge in [-0.2, -0.15) is 23.0 Å². The second-order valence-electron chi connectivity index (χ2n) is 6.41. The van der Waals surface area contributed by atoms with Gasteiger partial charge in [0.05, 0.1) is 13.4 Å². The molecule has 0 atom stereocenters. The Labute approximate surface area is 183 Å². The minimum absolute atomic E-state index is 0.000367. The molecule has 0 aliphatic rings. The van der Waals surface area contributed by atoms with Gasteiger partial charge in [0.15, 0.2) is 11.5 Å². The largest absolute Gasteiger partial charge is 0.493 e. The standard InChI is InChI=1S/C18H20N4O5S3/c1-11(2)10-28-18-21-17(29-22-18)20-16(23)13(9-19)7-12-5-6-14(15(8-12)26-3)27-30(4,24)25/h5-8,11H,10H2,1-4H3,(H,20,21,22,23). The number of amides is 1. The Balaban J connectivity index is 2.16. The van der Waals surface area contributed by atoms with Gasteiger partial charge in [0, 0.05) is 17.3 Å². The van der Waals surface area contributed by atoms with Crippen LogP contribution >= 0.6 is 23.3 Å². The van der Waals surface area contributed by atoms with E-state index in [1.54, 1.807) is 0 Å². The maximum Gasteiger partial charge on any atom is 0.306 e. The number of nitriles is 1. The summed E-state index contributed by atoms with van der Waals surface area (Å²) in [6.45, 7) is 4.17.